The van der Waals surface area contributed by atoms with Crippen LogP contribution in [0.4, 0.5) is 0 Å². The molecule has 0 aromatic carbocycles. The van der Waals surface area contributed by atoms with Gasteiger partial charge < -0.3 is 16.6 Å². The minimum Gasteiger partial charge on any atom is -0.476 e. The molecular formula is C7H11N5O3. The molecule has 1 heterocycles. The number of carboxylic acid groups (broad SMARTS) is 1. The van der Waals surface area contributed by atoms with Crippen molar-refractivity contribution in [2.75, 3.05) is 0 Å². The topological polar surface area (TPSA) is 137 Å². The highest BCUT2D eigenvalue weighted by Crippen LogP contribution is 2.11. The van der Waals surface area contributed by atoms with Crippen LogP contribution in [0.3, 0.4) is 0 Å². The van der Waals surface area contributed by atoms with E-state index in [2.05, 4.69) is 10.3 Å². The Labute approximate surface area is 84.8 Å². The molecule has 8 heteroatoms. The lowest BCUT2D eigenvalue weighted by atomic mass is 10.2. The van der Waals surface area contributed by atoms with E-state index in [1.807, 2.05) is 0 Å². The van der Waals surface area contributed by atoms with Crippen LogP contribution in [0.25, 0.3) is 0 Å². The number of carboxylic acids is 1. The van der Waals surface area contributed by atoms with Crippen molar-refractivity contribution in [2.24, 2.45) is 11.5 Å². The third-order valence-electron chi connectivity index (χ3n) is 1.97. The second-order valence-electron chi connectivity index (χ2n) is 2.92. The lowest BCUT2D eigenvalue weighted by molar-refractivity contribution is -0.121. The maximum Gasteiger partial charge on any atom is 0.358 e. The molecule has 0 aliphatic rings. The van der Waals surface area contributed by atoms with Crippen LogP contribution in [0, 0.1) is 0 Å². The van der Waals surface area contributed by atoms with Gasteiger partial charge in [0.1, 0.15) is 6.04 Å². The summed E-state index contributed by atoms with van der Waals surface area (Å²) in [7, 11) is 0. The molecule has 1 amide bonds. The van der Waals surface area contributed by atoms with Crippen LogP contribution in [-0.4, -0.2) is 32.0 Å². The molecule has 0 aliphatic heterocycles. The Morgan fingerprint density at radius 1 is 1.60 bits per heavy atom. The number of primary amides is 1. The lowest BCUT2D eigenvalue weighted by Crippen LogP contribution is -2.27. The molecule has 0 radical (unpaired) electrons. The van der Waals surface area contributed by atoms with Crippen molar-refractivity contribution in [2.45, 2.75) is 19.5 Å². The highest BCUT2D eigenvalue weighted by atomic mass is 16.4. The monoisotopic (exact) mass is 213 g/mol. The fourth-order valence-electron chi connectivity index (χ4n) is 1.10. The zero-order chi connectivity index (χ0) is 11.6. The Morgan fingerprint density at radius 3 is 2.60 bits per heavy atom. The molecular weight excluding hydrogens is 202 g/mol. The first-order valence-electron chi connectivity index (χ1n) is 4.15. The third-order valence-corrected chi connectivity index (χ3v) is 1.97. The first kappa shape index (κ1) is 11.1. The van der Waals surface area contributed by atoms with E-state index in [9.17, 15) is 9.59 Å². The van der Waals surface area contributed by atoms with E-state index in [1.165, 1.54) is 6.92 Å². The van der Waals surface area contributed by atoms with Gasteiger partial charge in [0.2, 0.25) is 5.91 Å². The molecule has 15 heavy (non-hydrogen) atoms. The summed E-state index contributed by atoms with van der Waals surface area (Å²) in [6.07, 6.45) is 0. The molecule has 0 aliphatic carbocycles. The number of nitrogens with two attached hydrogens (primary N) is 2. The zero-order valence-corrected chi connectivity index (χ0v) is 8.04. The van der Waals surface area contributed by atoms with Gasteiger partial charge in [-0.05, 0) is 6.92 Å². The first-order chi connectivity index (χ1) is 6.99. The van der Waals surface area contributed by atoms with Crippen molar-refractivity contribution in [3.8, 4) is 0 Å². The molecule has 0 spiro atoms. The summed E-state index contributed by atoms with van der Waals surface area (Å²) in [6, 6.07) is -0.774. The summed E-state index contributed by atoms with van der Waals surface area (Å²) in [5, 5.41) is 15.7. The number of carbonyl (C=O) groups excluding carboxylic acids is 1. The maximum absolute atomic E-state index is 10.9. The Morgan fingerprint density at radius 2 is 2.20 bits per heavy atom. The molecule has 8 nitrogen and oxygen atoms in total. The molecule has 1 unspecified atom stereocenters. The number of amides is 1. The summed E-state index contributed by atoms with van der Waals surface area (Å²) in [4.78, 5) is 21.6. The highest BCUT2D eigenvalue weighted by molar-refractivity contribution is 5.86. The zero-order valence-electron chi connectivity index (χ0n) is 8.04. The van der Waals surface area contributed by atoms with Gasteiger partial charge in [0.25, 0.3) is 0 Å². The van der Waals surface area contributed by atoms with Crippen LogP contribution in [0.2, 0.25) is 0 Å². The Bertz CT molecular complexity index is 399. The van der Waals surface area contributed by atoms with Gasteiger partial charge in [0, 0.05) is 6.54 Å². The lowest BCUT2D eigenvalue weighted by Gasteiger charge is -2.09. The smallest absolute Gasteiger partial charge is 0.358 e. The second kappa shape index (κ2) is 4.05. The fourth-order valence-corrected chi connectivity index (χ4v) is 1.10. The largest absolute Gasteiger partial charge is 0.476 e. The van der Waals surface area contributed by atoms with E-state index >= 15 is 0 Å². The van der Waals surface area contributed by atoms with Gasteiger partial charge in [-0.1, -0.05) is 5.21 Å². The Hall–Kier alpha value is -1.96. The van der Waals surface area contributed by atoms with E-state index in [0.29, 0.717) is 0 Å². The highest BCUT2D eigenvalue weighted by Gasteiger charge is 2.22. The maximum atomic E-state index is 10.9. The Kier molecular flexibility index (Phi) is 3.00. The van der Waals surface area contributed by atoms with E-state index in [4.69, 9.17) is 16.6 Å². The van der Waals surface area contributed by atoms with Crippen molar-refractivity contribution >= 4 is 11.9 Å². The van der Waals surface area contributed by atoms with Gasteiger partial charge in [-0.2, -0.15) is 0 Å². The molecule has 1 atom stereocenters. The molecule has 1 aromatic heterocycles. The SMILES string of the molecule is CC(C(N)=O)n1nnc(C(=O)O)c1CN. The fraction of sp³-hybridized carbons (Fsp3) is 0.429. The quantitative estimate of drug-likeness (QED) is 0.555. The van der Waals surface area contributed by atoms with Gasteiger partial charge in [-0.3, -0.25) is 4.79 Å². The number of rotatable bonds is 4. The number of nitrogens with zero attached hydrogens (tertiary/aromatic N) is 3. The number of hydrogen-bond acceptors (Lipinski definition) is 5. The van der Waals surface area contributed by atoms with Crippen LogP contribution in [0.5, 0.6) is 0 Å². The molecule has 0 saturated carbocycles. The molecule has 1 aromatic rings. The summed E-state index contributed by atoms with van der Waals surface area (Å²) < 4.78 is 1.12. The van der Waals surface area contributed by atoms with E-state index in [-0.39, 0.29) is 17.9 Å². The van der Waals surface area contributed by atoms with Crippen LogP contribution in [-0.2, 0) is 11.3 Å². The number of aromatic nitrogens is 3. The van der Waals surface area contributed by atoms with Crippen molar-refractivity contribution in [1.82, 2.24) is 15.0 Å². The van der Waals surface area contributed by atoms with Crippen LogP contribution in [0.1, 0.15) is 29.1 Å². The average molecular weight is 213 g/mol. The van der Waals surface area contributed by atoms with Crippen LogP contribution in [0.15, 0.2) is 0 Å². The van der Waals surface area contributed by atoms with Gasteiger partial charge in [0.15, 0.2) is 5.69 Å². The van der Waals surface area contributed by atoms with Crippen LogP contribution >= 0.6 is 0 Å². The Balaban J connectivity index is 3.20. The third kappa shape index (κ3) is 1.94. The van der Waals surface area contributed by atoms with Crippen molar-refractivity contribution in [3.63, 3.8) is 0 Å². The van der Waals surface area contributed by atoms with Gasteiger partial charge >= 0.3 is 5.97 Å². The molecule has 0 bridgehead atoms. The van der Waals surface area contributed by atoms with Gasteiger partial charge in [0.05, 0.1) is 5.69 Å². The van der Waals surface area contributed by atoms with E-state index in [0.717, 1.165) is 4.68 Å². The van der Waals surface area contributed by atoms with Crippen molar-refractivity contribution < 1.29 is 14.7 Å². The molecule has 82 valence electrons. The summed E-state index contributed by atoms with van der Waals surface area (Å²) in [6.45, 7) is 1.41. The minimum atomic E-state index is -1.24. The average Bonchev–Trinajstić information content (AvgIpc) is 2.59. The van der Waals surface area contributed by atoms with Crippen molar-refractivity contribution in [3.05, 3.63) is 11.4 Å². The normalized spacial score (nSPS) is 12.4. The number of aromatic carboxylic acids is 1. The van der Waals surface area contributed by atoms with E-state index < -0.39 is 17.9 Å². The van der Waals surface area contributed by atoms with Gasteiger partial charge in [-0.25, -0.2) is 9.48 Å². The van der Waals surface area contributed by atoms with E-state index in [1.54, 1.807) is 0 Å². The standard InChI is InChI=1S/C7H11N5O3/c1-3(6(9)13)12-4(2-8)5(7(14)15)10-11-12/h3H,2,8H2,1H3,(H2,9,13)(H,14,15). The molecule has 0 fully saturated rings. The molecule has 1 rings (SSSR count). The number of carbonyl (C=O) groups is 2. The van der Waals surface area contributed by atoms with Crippen molar-refractivity contribution in [1.29, 1.82) is 0 Å². The molecule has 0 saturated heterocycles. The first-order valence-corrected chi connectivity index (χ1v) is 4.15. The summed E-state index contributed by atoms with van der Waals surface area (Å²) in [5.74, 6) is -1.87. The van der Waals surface area contributed by atoms with Crippen LogP contribution < -0.4 is 11.5 Å². The predicted molar refractivity (Wildman–Crippen MR) is 48.8 cm³/mol. The predicted octanol–water partition coefficient (Wildman–Crippen LogP) is -1.52. The second-order valence-corrected chi connectivity index (χ2v) is 2.92. The summed E-state index contributed by atoms with van der Waals surface area (Å²) in [5.41, 5.74) is 10.3. The summed E-state index contributed by atoms with van der Waals surface area (Å²) >= 11 is 0. The minimum absolute atomic E-state index is 0.0771. The van der Waals surface area contributed by atoms with Gasteiger partial charge in [-0.15, -0.1) is 5.10 Å². The number of hydrogen-bond donors (Lipinski definition) is 3. The molecule has 5 N–H and O–H groups in total.